The van der Waals surface area contributed by atoms with Gasteiger partial charge in [0, 0.05) is 17.2 Å². The Morgan fingerprint density at radius 3 is 2.34 bits per heavy atom. The number of nitrogens with zero attached hydrogens (tertiary/aromatic N) is 2. The van der Waals surface area contributed by atoms with Crippen LogP contribution in [-0.2, 0) is 0 Å². The average molecular weight is 414 g/mol. The third-order valence-corrected chi connectivity index (χ3v) is 4.29. The zero-order chi connectivity index (χ0) is 21.0. The fourth-order valence-electron chi connectivity index (χ4n) is 2.60. The van der Waals surface area contributed by atoms with E-state index in [2.05, 4.69) is 10.5 Å². The van der Waals surface area contributed by atoms with E-state index in [0.29, 0.717) is 5.69 Å². The van der Waals surface area contributed by atoms with Crippen molar-refractivity contribution in [3.8, 4) is 0 Å². The summed E-state index contributed by atoms with van der Waals surface area (Å²) in [7, 11) is 0. The maximum absolute atomic E-state index is 13.1. The molecule has 0 radical (unpaired) electrons. The molecule has 0 atom stereocenters. The molecule has 0 aliphatic carbocycles. The van der Waals surface area contributed by atoms with E-state index in [1.165, 1.54) is 54.6 Å². The molecule has 2 N–H and O–H groups in total. The fraction of sp³-hybridized carbons (Fsp3) is 0. The number of anilines is 1. The number of hydrogen-bond acceptors (Lipinski definition) is 5. The molecule has 0 heterocycles. The number of carboxylic acid groups (broad SMARTS) is 1. The molecule has 7 nitrogen and oxygen atoms in total. The summed E-state index contributed by atoms with van der Waals surface area (Å²) in [6.45, 7) is 0. The summed E-state index contributed by atoms with van der Waals surface area (Å²) in [5.41, 5.74) is 3.46. The monoisotopic (exact) mass is 413 g/mol. The minimum atomic E-state index is -1.18. The van der Waals surface area contributed by atoms with Crippen LogP contribution < -0.4 is 5.43 Å². The second-order valence-electron chi connectivity index (χ2n) is 5.85. The molecule has 3 aromatic rings. The van der Waals surface area contributed by atoms with Gasteiger partial charge in [-0.15, -0.1) is 0 Å². The molecular formula is C20H13ClFN3O4. The number of rotatable bonds is 6. The van der Waals surface area contributed by atoms with Crippen molar-refractivity contribution < 1.29 is 19.2 Å². The van der Waals surface area contributed by atoms with E-state index >= 15 is 0 Å². The standard InChI is InChI=1S/C20H13ClFN3O4/c21-17-10-5-12(11-18(17)25(28)29)19(15-3-1-2-4-16(15)20(26)27)24-23-14-8-6-13(22)7-9-14/h1-11,23H,(H,26,27)/b24-19-. The molecule has 0 spiro atoms. The number of nitro groups is 1. The Balaban J connectivity index is 2.16. The lowest BCUT2D eigenvalue weighted by atomic mass is 9.97. The highest BCUT2D eigenvalue weighted by Gasteiger charge is 2.20. The van der Waals surface area contributed by atoms with Crippen LogP contribution in [0.4, 0.5) is 15.8 Å². The third kappa shape index (κ3) is 4.56. The summed E-state index contributed by atoms with van der Waals surface area (Å²) in [5.74, 6) is -1.61. The molecule has 0 fully saturated rings. The van der Waals surface area contributed by atoms with Crippen molar-refractivity contribution in [2.45, 2.75) is 0 Å². The second-order valence-corrected chi connectivity index (χ2v) is 6.26. The molecule has 9 heteroatoms. The van der Waals surface area contributed by atoms with Gasteiger partial charge in [0.1, 0.15) is 10.8 Å². The molecular weight excluding hydrogens is 401 g/mol. The Morgan fingerprint density at radius 1 is 1.07 bits per heavy atom. The van der Waals surface area contributed by atoms with Crippen LogP contribution in [0.1, 0.15) is 21.5 Å². The summed E-state index contributed by atoms with van der Waals surface area (Å²) in [4.78, 5) is 22.3. The van der Waals surface area contributed by atoms with Gasteiger partial charge in [0.15, 0.2) is 0 Å². The minimum absolute atomic E-state index is 0.0373. The van der Waals surface area contributed by atoms with E-state index in [9.17, 15) is 24.4 Å². The predicted molar refractivity (Wildman–Crippen MR) is 107 cm³/mol. The highest BCUT2D eigenvalue weighted by Crippen LogP contribution is 2.27. The zero-order valence-corrected chi connectivity index (χ0v) is 15.4. The Bertz CT molecular complexity index is 1120. The van der Waals surface area contributed by atoms with Gasteiger partial charge in [0.2, 0.25) is 0 Å². The fourth-order valence-corrected chi connectivity index (χ4v) is 2.79. The lowest BCUT2D eigenvalue weighted by Crippen LogP contribution is -2.13. The van der Waals surface area contributed by atoms with E-state index in [0.717, 1.165) is 0 Å². The van der Waals surface area contributed by atoms with Gasteiger partial charge in [-0.2, -0.15) is 5.10 Å². The maximum Gasteiger partial charge on any atom is 0.336 e. The van der Waals surface area contributed by atoms with Gasteiger partial charge in [0.05, 0.1) is 21.9 Å². The quantitative estimate of drug-likeness (QED) is 0.338. The van der Waals surface area contributed by atoms with Crippen LogP contribution in [0.5, 0.6) is 0 Å². The summed E-state index contributed by atoms with van der Waals surface area (Å²) >= 11 is 5.88. The highest BCUT2D eigenvalue weighted by molar-refractivity contribution is 6.33. The van der Waals surface area contributed by atoms with Crippen LogP contribution in [0.2, 0.25) is 5.02 Å². The number of nitrogens with one attached hydrogen (secondary N) is 1. The topological polar surface area (TPSA) is 105 Å². The smallest absolute Gasteiger partial charge is 0.336 e. The molecule has 146 valence electrons. The van der Waals surface area contributed by atoms with Crippen molar-refractivity contribution in [3.05, 3.63) is 104 Å². The van der Waals surface area contributed by atoms with Crippen molar-refractivity contribution >= 4 is 34.7 Å². The van der Waals surface area contributed by atoms with E-state index in [-0.39, 0.29) is 33.1 Å². The van der Waals surface area contributed by atoms with Crippen LogP contribution in [0.25, 0.3) is 0 Å². The Kier molecular flexibility index (Phi) is 5.85. The summed E-state index contributed by atoms with van der Waals surface area (Å²) < 4.78 is 13.1. The van der Waals surface area contributed by atoms with Gasteiger partial charge >= 0.3 is 5.97 Å². The number of carbonyl (C=O) groups is 1. The van der Waals surface area contributed by atoms with Crippen LogP contribution in [0.3, 0.4) is 0 Å². The number of aromatic carboxylic acids is 1. The molecule has 3 rings (SSSR count). The van der Waals surface area contributed by atoms with E-state index < -0.39 is 16.7 Å². The lowest BCUT2D eigenvalue weighted by Gasteiger charge is -2.11. The Morgan fingerprint density at radius 2 is 1.72 bits per heavy atom. The minimum Gasteiger partial charge on any atom is -0.478 e. The molecule has 0 aliphatic heterocycles. The van der Waals surface area contributed by atoms with Crippen molar-refractivity contribution in [1.29, 1.82) is 0 Å². The number of nitro benzene ring substituents is 1. The van der Waals surface area contributed by atoms with Gasteiger partial charge in [-0.25, -0.2) is 9.18 Å². The van der Waals surface area contributed by atoms with Gasteiger partial charge in [0.25, 0.3) is 5.69 Å². The second kappa shape index (κ2) is 8.49. The van der Waals surface area contributed by atoms with Gasteiger partial charge in [-0.05, 0) is 36.4 Å². The van der Waals surface area contributed by atoms with Crippen molar-refractivity contribution in [3.63, 3.8) is 0 Å². The molecule has 0 aromatic heterocycles. The van der Waals surface area contributed by atoms with Crippen LogP contribution >= 0.6 is 11.6 Å². The van der Waals surface area contributed by atoms with Gasteiger partial charge in [-0.3, -0.25) is 15.5 Å². The molecule has 0 amide bonds. The first kappa shape index (κ1) is 20.0. The van der Waals surface area contributed by atoms with E-state index in [4.69, 9.17) is 11.6 Å². The number of carboxylic acids is 1. The molecule has 29 heavy (non-hydrogen) atoms. The highest BCUT2D eigenvalue weighted by atomic mass is 35.5. The maximum atomic E-state index is 13.1. The average Bonchev–Trinajstić information content (AvgIpc) is 2.70. The SMILES string of the molecule is O=C(O)c1ccccc1/C(=N\Nc1ccc(F)cc1)c1ccc(Cl)c([N+](=O)[O-])c1. The largest absolute Gasteiger partial charge is 0.478 e. The first-order valence-corrected chi connectivity index (χ1v) is 8.61. The Labute approximate surface area is 169 Å². The van der Waals surface area contributed by atoms with Gasteiger partial charge < -0.3 is 5.11 Å². The molecule has 0 saturated heterocycles. The lowest BCUT2D eigenvalue weighted by molar-refractivity contribution is -0.384. The van der Waals surface area contributed by atoms with Crippen molar-refractivity contribution in [2.24, 2.45) is 5.10 Å². The number of hydrazone groups is 1. The first-order chi connectivity index (χ1) is 13.9. The predicted octanol–water partition coefficient (Wildman–Crippen LogP) is 4.95. The van der Waals surface area contributed by atoms with Gasteiger partial charge in [-0.1, -0.05) is 35.9 Å². The summed E-state index contributed by atoms with van der Waals surface area (Å²) in [5, 5.41) is 25.0. The summed E-state index contributed by atoms with van der Waals surface area (Å²) in [6.07, 6.45) is 0. The van der Waals surface area contributed by atoms with Crippen LogP contribution in [0, 0.1) is 15.9 Å². The summed E-state index contributed by atoms with van der Waals surface area (Å²) in [6, 6.07) is 15.5. The molecule has 0 saturated carbocycles. The third-order valence-electron chi connectivity index (χ3n) is 3.97. The first-order valence-electron chi connectivity index (χ1n) is 8.23. The van der Waals surface area contributed by atoms with Crippen LogP contribution in [-0.4, -0.2) is 21.7 Å². The van der Waals surface area contributed by atoms with E-state index in [1.807, 2.05) is 0 Å². The Hall–Kier alpha value is -3.78. The number of hydrogen-bond donors (Lipinski definition) is 2. The molecule has 0 unspecified atom stereocenters. The molecule has 0 aliphatic rings. The van der Waals surface area contributed by atoms with Crippen molar-refractivity contribution in [1.82, 2.24) is 0 Å². The number of halogens is 2. The van der Waals surface area contributed by atoms with Crippen LogP contribution in [0.15, 0.2) is 71.8 Å². The normalized spacial score (nSPS) is 11.2. The van der Waals surface area contributed by atoms with Crippen molar-refractivity contribution in [2.75, 3.05) is 5.43 Å². The zero-order valence-electron chi connectivity index (χ0n) is 14.7. The molecule has 0 bridgehead atoms. The van der Waals surface area contributed by atoms with E-state index in [1.54, 1.807) is 12.1 Å². The molecule has 3 aromatic carbocycles. The number of benzene rings is 3.